The molecule has 1 amide bonds. The maximum absolute atomic E-state index is 12.6. The number of piperidine rings is 1. The topological polar surface area (TPSA) is 108 Å². The number of amides is 1. The van der Waals surface area contributed by atoms with Gasteiger partial charge >= 0.3 is 12.1 Å². The molecule has 0 spiro atoms. The quantitative estimate of drug-likeness (QED) is 0.413. The number of fused-ring (bicyclic) bond motifs is 1. The van der Waals surface area contributed by atoms with Gasteiger partial charge in [0.2, 0.25) is 0 Å². The Balaban J connectivity index is 1.57. The first kappa shape index (κ1) is 22.0. The van der Waals surface area contributed by atoms with Crippen LogP contribution in [0.5, 0.6) is 0 Å². The fourth-order valence-electron chi connectivity index (χ4n) is 3.79. The number of ether oxygens (including phenoxy) is 3. The molecular formula is C21H28N2O7. The number of nitrogens with zero attached hydrogens (tertiary/aromatic N) is 2. The molecule has 2 aliphatic rings. The molecule has 1 aromatic carbocycles. The van der Waals surface area contributed by atoms with Crippen LogP contribution >= 0.6 is 0 Å². The van der Waals surface area contributed by atoms with Crippen LogP contribution in [-0.2, 0) is 14.2 Å². The van der Waals surface area contributed by atoms with Crippen LogP contribution in [0, 0.1) is 16.0 Å². The van der Waals surface area contributed by atoms with Crippen LogP contribution in [0.3, 0.4) is 0 Å². The highest BCUT2D eigenvalue weighted by molar-refractivity contribution is 5.89. The van der Waals surface area contributed by atoms with E-state index in [9.17, 15) is 19.7 Å². The molecule has 164 valence electrons. The molecule has 9 nitrogen and oxygen atoms in total. The molecule has 3 rings (SSSR count). The molecular weight excluding hydrogens is 392 g/mol. The van der Waals surface area contributed by atoms with Crippen molar-refractivity contribution in [1.29, 1.82) is 0 Å². The highest BCUT2D eigenvalue weighted by atomic mass is 16.6. The molecule has 2 heterocycles. The molecule has 0 aliphatic carbocycles. The smallest absolute Gasteiger partial charge is 0.412 e. The van der Waals surface area contributed by atoms with Crippen LogP contribution in [0.4, 0.5) is 10.5 Å². The molecule has 0 N–H and O–H groups in total. The number of likely N-dealkylation sites (tertiary alicyclic amines) is 1. The van der Waals surface area contributed by atoms with Gasteiger partial charge in [0.05, 0.1) is 16.6 Å². The summed E-state index contributed by atoms with van der Waals surface area (Å²) >= 11 is 0. The fourth-order valence-corrected chi connectivity index (χ4v) is 3.79. The fraction of sp³-hybridized carbons (Fsp3) is 0.619. The Bertz CT molecular complexity index is 788. The summed E-state index contributed by atoms with van der Waals surface area (Å²) in [5, 5.41) is 10.7. The van der Waals surface area contributed by atoms with Gasteiger partial charge < -0.3 is 14.2 Å². The van der Waals surface area contributed by atoms with Gasteiger partial charge in [0, 0.05) is 24.6 Å². The average Bonchev–Trinajstić information content (AvgIpc) is 2.70. The molecule has 2 aliphatic heterocycles. The van der Waals surface area contributed by atoms with Gasteiger partial charge in [-0.2, -0.15) is 0 Å². The van der Waals surface area contributed by atoms with Gasteiger partial charge in [-0.3, -0.25) is 15.0 Å². The summed E-state index contributed by atoms with van der Waals surface area (Å²) in [7, 11) is 0. The van der Waals surface area contributed by atoms with E-state index in [1.807, 2.05) is 20.8 Å². The normalized spacial score (nSPS) is 24.0. The second kappa shape index (κ2) is 8.99. The Morgan fingerprint density at radius 3 is 2.53 bits per heavy atom. The van der Waals surface area contributed by atoms with Gasteiger partial charge in [0.1, 0.15) is 18.4 Å². The molecule has 2 saturated heterocycles. The minimum absolute atomic E-state index is 0.0567. The zero-order valence-corrected chi connectivity index (χ0v) is 17.5. The highest BCUT2D eigenvalue weighted by Crippen LogP contribution is 2.35. The summed E-state index contributed by atoms with van der Waals surface area (Å²) in [6.45, 7) is 6.12. The Kier molecular flexibility index (Phi) is 6.60. The lowest BCUT2D eigenvalue weighted by Gasteiger charge is -2.45. The first-order chi connectivity index (χ1) is 14.1. The minimum Gasteiger partial charge on any atom is -0.459 e. The van der Waals surface area contributed by atoms with Gasteiger partial charge in [-0.25, -0.2) is 9.59 Å². The number of nitro groups is 1. The van der Waals surface area contributed by atoms with Gasteiger partial charge in [-0.05, 0) is 58.6 Å². The number of carbonyl (C=O) groups is 2. The minimum atomic E-state index is -0.585. The lowest BCUT2D eigenvalue weighted by molar-refractivity contribution is -0.384. The number of hydrogen-bond donors (Lipinski definition) is 0. The summed E-state index contributed by atoms with van der Waals surface area (Å²) in [4.78, 5) is 36.7. The maximum atomic E-state index is 12.6. The van der Waals surface area contributed by atoms with Crippen molar-refractivity contribution in [3.8, 4) is 0 Å². The lowest BCUT2D eigenvalue weighted by Crippen LogP contribution is -2.55. The molecule has 0 bridgehead atoms. The summed E-state index contributed by atoms with van der Waals surface area (Å²) < 4.78 is 17.0. The van der Waals surface area contributed by atoms with Gasteiger partial charge in [0.15, 0.2) is 0 Å². The van der Waals surface area contributed by atoms with Crippen molar-refractivity contribution in [1.82, 2.24) is 4.90 Å². The molecule has 2 fully saturated rings. The molecule has 1 aromatic rings. The zero-order valence-electron chi connectivity index (χ0n) is 17.5. The van der Waals surface area contributed by atoms with Crippen molar-refractivity contribution in [2.24, 2.45) is 5.92 Å². The Labute approximate surface area is 175 Å². The van der Waals surface area contributed by atoms with Crippen molar-refractivity contribution in [2.75, 3.05) is 13.2 Å². The first-order valence-electron chi connectivity index (χ1n) is 10.2. The van der Waals surface area contributed by atoms with E-state index < -0.39 is 16.5 Å². The van der Waals surface area contributed by atoms with Gasteiger partial charge in [0.25, 0.3) is 5.69 Å². The monoisotopic (exact) mass is 420 g/mol. The van der Waals surface area contributed by atoms with Crippen molar-refractivity contribution in [3.63, 3.8) is 0 Å². The molecule has 0 radical (unpaired) electrons. The predicted octanol–water partition coefficient (Wildman–Crippen LogP) is 3.90. The van der Waals surface area contributed by atoms with Gasteiger partial charge in [-0.15, -0.1) is 0 Å². The van der Waals surface area contributed by atoms with Crippen LogP contribution in [0.1, 0.15) is 56.8 Å². The molecule has 3 atom stereocenters. The number of hydrogen-bond acceptors (Lipinski definition) is 7. The molecule has 0 unspecified atom stereocenters. The third kappa shape index (κ3) is 5.47. The summed E-state index contributed by atoms with van der Waals surface area (Å²) in [6, 6.07) is 5.26. The van der Waals surface area contributed by atoms with Gasteiger partial charge in [-0.1, -0.05) is 0 Å². The summed E-state index contributed by atoms with van der Waals surface area (Å²) in [5.74, 6) is -0.323. The summed E-state index contributed by atoms with van der Waals surface area (Å²) in [6.07, 6.45) is 2.41. The number of esters is 1. The Morgan fingerprint density at radius 1 is 1.20 bits per heavy atom. The van der Waals surface area contributed by atoms with E-state index in [0.29, 0.717) is 6.54 Å². The standard InChI is InChI=1S/C21H28N2O7/c1-21(2,3)30-20(25)22-12-4-5-14-8-11-17(29-18(14)22)13-28-19(24)15-6-9-16(10-7-15)23(26)27/h6-7,9-10,14,17-18H,4-5,8,11-13H2,1-3H3/t14-,17-,18+/m1/s1. The van der Waals surface area contributed by atoms with E-state index >= 15 is 0 Å². The SMILES string of the molecule is CC(C)(C)OC(=O)N1CCC[C@@H]2CC[C@H](COC(=O)c3ccc([N+](=O)[O-])cc3)O[C@@H]21. The molecule has 0 aromatic heterocycles. The van der Waals surface area contributed by atoms with Crippen LogP contribution in [0.15, 0.2) is 24.3 Å². The van der Waals surface area contributed by atoms with Crippen LogP contribution < -0.4 is 0 Å². The number of non-ortho nitro benzene ring substituents is 1. The van der Waals surface area contributed by atoms with Crippen molar-refractivity contribution < 1.29 is 28.7 Å². The van der Waals surface area contributed by atoms with E-state index in [2.05, 4.69) is 0 Å². The third-order valence-corrected chi connectivity index (χ3v) is 5.22. The number of rotatable bonds is 4. The van der Waals surface area contributed by atoms with Crippen LogP contribution in [-0.4, -0.2) is 53.0 Å². The second-order valence-electron chi connectivity index (χ2n) is 8.70. The third-order valence-electron chi connectivity index (χ3n) is 5.22. The number of carbonyl (C=O) groups excluding carboxylic acids is 2. The first-order valence-corrected chi connectivity index (χ1v) is 10.2. The van der Waals surface area contributed by atoms with E-state index in [1.54, 1.807) is 4.90 Å². The van der Waals surface area contributed by atoms with E-state index in [0.717, 1.165) is 25.7 Å². The largest absolute Gasteiger partial charge is 0.459 e. The molecule has 30 heavy (non-hydrogen) atoms. The highest BCUT2D eigenvalue weighted by Gasteiger charge is 2.41. The van der Waals surface area contributed by atoms with E-state index in [1.165, 1.54) is 24.3 Å². The Morgan fingerprint density at radius 2 is 1.90 bits per heavy atom. The molecule has 9 heteroatoms. The predicted molar refractivity (Wildman–Crippen MR) is 107 cm³/mol. The van der Waals surface area contributed by atoms with Crippen LogP contribution in [0.2, 0.25) is 0 Å². The number of nitro benzene ring substituents is 1. The summed E-state index contributed by atoms with van der Waals surface area (Å²) in [5.41, 5.74) is -0.437. The van der Waals surface area contributed by atoms with Crippen molar-refractivity contribution >= 4 is 17.7 Å². The van der Waals surface area contributed by atoms with Crippen LogP contribution in [0.25, 0.3) is 0 Å². The van der Waals surface area contributed by atoms with Crippen molar-refractivity contribution in [3.05, 3.63) is 39.9 Å². The Hall–Kier alpha value is -2.68. The maximum Gasteiger partial charge on any atom is 0.412 e. The molecule has 0 saturated carbocycles. The average molecular weight is 420 g/mol. The number of benzene rings is 1. The van der Waals surface area contributed by atoms with Crippen molar-refractivity contribution in [2.45, 2.75) is 64.4 Å². The van der Waals surface area contributed by atoms with E-state index in [4.69, 9.17) is 14.2 Å². The lowest BCUT2D eigenvalue weighted by atomic mass is 9.88. The van der Waals surface area contributed by atoms with E-state index in [-0.39, 0.29) is 42.2 Å². The zero-order chi connectivity index (χ0) is 21.9. The second-order valence-corrected chi connectivity index (χ2v) is 8.70.